The van der Waals surface area contributed by atoms with E-state index in [-0.39, 0.29) is 0 Å². The number of ether oxygens (including phenoxy) is 1. The Hall–Kier alpha value is -1.25. The smallest absolute Gasteiger partial charge is 0.129 e. The van der Waals surface area contributed by atoms with Crippen LogP contribution in [-0.4, -0.2) is 18.1 Å². The van der Waals surface area contributed by atoms with Crippen LogP contribution in [0.3, 0.4) is 0 Å². The highest BCUT2D eigenvalue weighted by atomic mass is 16.5. The minimum absolute atomic E-state index is 0.390. The molecule has 3 nitrogen and oxygen atoms in total. The molecule has 17 heavy (non-hydrogen) atoms. The molecule has 1 aliphatic rings. The number of hydrogen-bond donors (Lipinski definition) is 1. The van der Waals surface area contributed by atoms with Gasteiger partial charge in [0.15, 0.2) is 0 Å². The van der Waals surface area contributed by atoms with Crippen LogP contribution in [0.2, 0.25) is 0 Å². The van der Waals surface area contributed by atoms with Crippen LogP contribution in [0, 0.1) is 5.92 Å². The molecule has 1 heterocycles. The fraction of sp³-hybridized carbons (Fsp3) is 0.643. The van der Waals surface area contributed by atoms with Crippen LogP contribution in [0.25, 0.3) is 0 Å². The third kappa shape index (κ3) is 3.35. The molecule has 1 N–H and O–H groups in total. The van der Waals surface area contributed by atoms with E-state index in [1.165, 1.54) is 32.1 Å². The van der Waals surface area contributed by atoms with Gasteiger partial charge in [-0.25, -0.2) is 4.98 Å². The molecule has 1 saturated carbocycles. The first-order valence-corrected chi connectivity index (χ1v) is 6.62. The van der Waals surface area contributed by atoms with Crippen LogP contribution in [0.1, 0.15) is 39.0 Å². The molecule has 1 aliphatic carbocycles. The second kappa shape index (κ2) is 5.89. The predicted octanol–water partition coefficient (Wildman–Crippen LogP) is 3.47. The summed E-state index contributed by atoms with van der Waals surface area (Å²) in [5, 5.41) is 3.03. The molecule has 0 spiro atoms. The van der Waals surface area contributed by atoms with E-state index >= 15 is 0 Å². The van der Waals surface area contributed by atoms with Gasteiger partial charge in [0.05, 0.1) is 6.10 Å². The van der Waals surface area contributed by atoms with Crippen molar-refractivity contribution < 1.29 is 4.74 Å². The second-order valence-electron chi connectivity index (χ2n) is 4.81. The summed E-state index contributed by atoms with van der Waals surface area (Å²) >= 11 is 0. The van der Waals surface area contributed by atoms with E-state index in [4.69, 9.17) is 4.74 Å². The third-order valence-electron chi connectivity index (χ3n) is 3.60. The van der Waals surface area contributed by atoms with Crippen LogP contribution in [0.4, 0.5) is 5.82 Å². The van der Waals surface area contributed by atoms with E-state index in [9.17, 15) is 0 Å². The Labute approximate surface area is 104 Å². The molecule has 1 fully saturated rings. The van der Waals surface area contributed by atoms with Crippen LogP contribution >= 0.6 is 0 Å². The van der Waals surface area contributed by atoms with Crippen molar-refractivity contribution in [3.63, 3.8) is 0 Å². The van der Waals surface area contributed by atoms with Gasteiger partial charge in [0.1, 0.15) is 11.6 Å². The second-order valence-corrected chi connectivity index (χ2v) is 4.81. The Balaban J connectivity index is 1.95. The fourth-order valence-electron chi connectivity index (χ4n) is 2.53. The molecule has 0 bridgehead atoms. The van der Waals surface area contributed by atoms with Crippen LogP contribution in [0.5, 0.6) is 5.75 Å². The van der Waals surface area contributed by atoms with Crippen molar-refractivity contribution in [2.45, 2.75) is 45.1 Å². The van der Waals surface area contributed by atoms with E-state index in [2.05, 4.69) is 17.2 Å². The zero-order chi connectivity index (χ0) is 12.1. The van der Waals surface area contributed by atoms with Crippen molar-refractivity contribution in [1.82, 2.24) is 4.98 Å². The predicted molar refractivity (Wildman–Crippen MR) is 70.4 cm³/mol. The Bertz CT molecular complexity index is 354. The monoisotopic (exact) mass is 234 g/mol. The van der Waals surface area contributed by atoms with Gasteiger partial charge in [-0.15, -0.1) is 0 Å². The molecule has 2 unspecified atom stereocenters. The van der Waals surface area contributed by atoms with Crippen molar-refractivity contribution in [3.05, 3.63) is 18.3 Å². The first-order chi connectivity index (χ1) is 8.31. The van der Waals surface area contributed by atoms with Gasteiger partial charge < -0.3 is 10.1 Å². The first-order valence-electron chi connectivity index (χ1n) is 6.62. The fourth-order valence-corrected chi connectivity index (χ4v) is 2.53. The molecule has 2 atom stereocenters. The van der Waals surface area contributed by atoms with Crippen LogP contribution in [0.15, 0.2) is 18.3 Å². The van der Waals surface area contributed by atoms with Gasteiger partial charge in [0.25, 0.3) is 0 Å². The summed E-state index contributed by atoms with van der Waals surface area (Å²) in [6.45, 7) is 2.28. The summed E-state index contributed by atoms with van der Waals surface area (Å²) in [5.41, 5.74) is 0. The summed E-state index contributed by atoms with van der Waals surface area (Å²) in [4.78, 5) is 4.19. The quantitative estimate of drug-likeness (QED) is 0.866. The highest BCUT2D eigenvalue weighted by molar-refractivity contribution is 5.39. The highest BCUT2D eigenvalue weighted by Crippen LogP contribution is 2.29. The number of nitrogens with zero attached hydrogens (tertiary/aromatic N) is 1. The number of aromatic nitrogens is 1. The van der Waals surface area contributed by atoms with E-state index in [0.717, 1.165) is 17.5 Å². The summed E-state index contributed by atoms with van der Waals surface area (Å²) < 4.78 is 6.05. The molecule has 3 heteroatoms. The molecule has 1 aromatic rings. The largest absolute Gasteiger partial charge is 0.490 e. The topological polar surface area (TPSA) is 34.1 Å². The van der Waals surface area contributed by atoms with Crippen LogP contribution < -0.4 is 10.1 Å². The lowest BCUT2D eigenvalue weighted by Crippen LogP contribution is -2.25. The van der Waals surface area contributed by atoms with E-state index < -0.39 is 0 Å². The maximum absolute atomic E-state index is 6.05. The molecular formula is C14H22N2O. The number of rotatable bonds is 4. The Morgan fingerprint density at radius 2 is 2.35 bits per heavy atom. The van der Waals surface area contributed by atoms with Crippen LogP contribution in [-0.2, 0) is 0 Å². The lowest BCUT2D eigenvalue weighted by Gasteiger charge is -2.29. The molecule has 0 radical (unpaired) electrons. The van der Waals surface area contributed by atoms with Gasteiger partial charge in [-0.05, 0) is 31.2 Å². The standard InChI is InChI=1S/C14H22N2O/c1-3-11-5-4-6-12(9-11)17-13-7-8-16-14(10-13)15-2/h7-8,10-12H,3-6,9H2,1-2H3,(H,15,16). The van der Waals surface area contributed by atoms with Gasteiger partial charge in [-0.3, -0.25) is 0 Å². The van der Waals surface area contributed by atoms with Crippen molar-refractivity contribution in [1.29, 1.82) is 0 Å². The number of nitrogens with one attached hydrogen (secondary N) is 1. The van der Waals surface area contributed by atoms with Gasteiger partial charge in [-0.2, -0.15) is 0 Å². The molecule has 0 aromatic carbocycles. The Morgan fingerprint density at radius 1 is 1.47 bits per heavy atom. The molecule has 1 aromatic heterocycles. The lowest BCUT2D eigenvalue weighted by molar-refractivity contribution is 0.122. The number of hydrogen-bond acceptors (Lipinski definition) is 3. The highest BCUT2D eigenvalue weighted by Gasteiger charge is 2.22. The van der Waals surface area contributed by atoms with Crippen molar-refractivity contribution in [2.24, 2.45) is 5.92 Å². The molecule has 94 valence electrons. The molecular weight excluding hydrogens is 212 g/mol. The van der Waals surface area contributed by atoms with Crippen molar-refractivity contribution in [2.75, 3.05) is 12.4 Å². The maximum Gasteiger partial charge on any atom is 0.129 e. The molecule has 0 amide bonds. The van der Waals surface area contributed by atoms with E-state index in [1.54, 1.807) is 6.20 Å². The normalized spacial score (nSPS) is 24.4. The number of anilines is 1. The van der Waals surface area contributed by atoms with Gasteiger partial charge >= 0.3 is 0 Å². The number of pyridine rings is 1. The molecule has 2 rings (SSSR count). The Morgan fingerprint density at radius 3 is 3.12 bits per heavy atom. The average Bonchev–Trinajstić information content (AvgIpc) is 2.39. The summed E-state index contributed by atoms with van der Waals surface area (Å²) in [6.07, 6.45) is 8.52. The van der Waals surface area contributed by atoms with Gasteiger partial charge in [0, 0.05) is 19.3 Å². The molecule has 0 aliphatic heterocycles. The zero-order valence-corrected chi connectivity index (χ0v) is 10.8. The maximum atomic E-state index is 6.05. The van der Waals surface area contributed by atoms with Crippen molar-refractivity contribution >= 4 is 5.82 Å². The minimum atomic E-state index is 0.390. The first kappa shape index (κ1) is 12.2. The zero-order valence-electron chi connectivity index (χ0n) is 10.8. The third-order valence-corrected chi connectivity index (χ3v) is 3.60. The van der Waals surface area contributed by atoms with E-state index in [0.29, 0.717) is 6.10 Å². The van der Waals surface area contributed by atoms with Gasteiger partial charge in [0.2, 0.25) is 0 Å². The van der Waals surface area contributed by atoms with Crippen molar-refractivity contribution in [3.8, 4) is 5.75 Å². The SMILES string of the molecule is CCC1CCCC(Oc2ccnc(NC)c2)C1. The average molecular weight is 234 g/mol. The molecule has 0 saturated heterocycles. The lowest BCUT2D eigenvalue weighted by atomic mass is 9.85. The Kier molecular flexibility index (Phi) is 4.24. The van der Waals surface area contributed by atoms with Gasteiger partial charge in [-0.1, -0.05) is 19.8 Å². The summed E-state index contributed by atoms with van der Waals surface area (Å²) in [7, 11) is 1.87. The summed E-state index contributed by atoms with van der Waals surface area (Å²) in [5.74, 6) is 2.65. The van der Waals surface area contributed by atoms with E-state index in [1.807, 2.05) is 19.2 Å². The summed E-state index contributed by atoms with van der Waals surface area (Å²) in [6, 6.07) is 3.91. The minimum Gasteiger partial charge on any atom is -0.490 e.